The SMILES string of the molecule is CCCCOc1ccc(C(O)N(C)c2ccc(N3CCC(N4CCN(C(C)=O)CC4)C3)c(F)c2)cc1. The van der Waals surface area contributed by atoms with Crippen molar-refractivity contribution in [1.29, 1.82) is 0 Å². The van der Waals surface area contributed by atoms with Gasteiger partial charge in [-0.15, -0.1) is 0 Å². The second-order valence-corrected chi connectivity index (χ2v) is 9.82. The maximum Gasteiger partial charge on any atom is 0.219 e. The lowest BCUT2D eigenvalue weighted by Crippen LogP contribution is -2.52. The molecule has 0 aliphatic carbocycles. The van der Waals surface area contributed by atoms with E-state index >= 15 is 4.39 Å². The van der Waals surface area contributed by atoms with E-state index in [1.807, 2.05) is 41.3 Å². The van der Waals surface area contributed by atoms with Crippen molar-refractivity contribution >= 4 is 17.3 Å². The molecular weight excluding hydrogens is 459 g/mol. The summed E-state index contributed by atoms with van der Waals surface area (Å²) in [5.74, 6) is 0.628. The number of halogens is 1. The average molecular weight is 499 g/mol. The highest BCUT2D eigenvalue weighted by Gasteiger charge is 2.31. The Bertz CT molecular complexity index is 1010. The van der Waals surface area contributed by atoms with E-state index in [4.69, 9.17) is 4.74 Å². The third kappa shape index (κ3) is 6.10. The van der Waals surface area contributed by atoms with E-state index in [0.717, 1.165) is 69.8 Å². The van der Waals surface area contributed by atoms with E-state index in [1.54, 1.807) is 18.9 Å². The summed E-state index contributed by atoms with van der Waals surface area (Å²) in [7, 11) is 1.76. The van der Waals surface area contributed by atoms with Gasteiger partial charge in [0.25, 0.3) is 0 Å². The molecule has 2 aliphatic heterocycles. The van der Waals surface area contributed by atoms with Gasteiger partial charge in [0.2, 0.25) is 5.91 Å². The zero-order valence-corrected chi connectivity index (χ0v) is 21.7. The first-order chi connectivity index (χ1) is 17.4. The summed E-state index contributed by atoms with van der Waals surface area (Å²) in [5, 5.41) is 10.9. The van der Waals surface area contributed by atoms with Crippen LogP contribution in [0.25, 0.3) is 0 Å². The number of anilines is 2. The van der Waals surface area contributed by atoms with E-state index < -0.39 is 6.23 Å². The molecule has 2 saturated heterocycles. The van der Waals surface area contributed by atoms with Gasteiger partial charge in [-0.3, -0.25) is 9.69 Å². The van der Waals surface area contributed by atoms with Crippen LogP contribution in [0.1, 0.15) is 44.9 Å². The number of aliphatic hydroxyl groups excluding tert-OH is 1. The maximum absolute atomic E-state index is 15.2. The molecule has 0 saturated carbocycles. The predicted molar refractivity (Wildman–Crippen MR) is 141 cm³/mol. The molecule has 7 nitrogen and oxygen atoms in total. The monoisotopic (exact) mass is 498 g/mol. The first kappa shape index (κ1) is 26.2. The molecule has 8 heteroatoms. The fourth-order valence-corrected chi connectivity index (χ4v) is 5.07. The summed E-state index contributed by atoms with van der Waals surface area (Å²) in [6.45, 7) is 9.27. The molecule has 2 aromatic carbocycles. The zero-order chi connectivity index (χ0) is 25.7. The number of amides is 1. The number of hydrogen-bond acceptors (Lipinski definition) is 6. The van der Waals surface area contributed by atoms with Gasteiger partial charge in [-0.05, 0) is 43.2 Å². The number of carbonyl (C=O) groups excluding carboxylic acids is 1. The Morgan fingerprint density at radius 1 is 1.14 bits per heavy atom. The third-order valence-corrected chi connectivity index (χ3v) is 7.43. The molecule has 2 fully saturated rings. The number of unbranched alkanes of at least 4 members (excludes halogenated alkanes) is 1. The Morgan fingerprint density at radius 2 is 1.86 bits per heavy atom. The number of rotatable bonds is 9. The Morgan fingerprint density at radius 3 is 2.50 bits per heavy atom. The van der Waals surface area contributed by atoms with Crippen LogP contribution in [-0.4, -0.2) is 79.8 Å². The van der Waals surface area contributed by atoms with E-state index in [-0.39, 0.29) is 11.7 Å². The molecule has 1 N–H and O–H groups in total. The summed E-state index contributed by atoms with van der Waals surface area (Å²) < 4.78 is 20.9. The fourth-order valence-electron chi connectivity index (χ4n) is 5.07. The van der Waals surface area contributed by atoms with Gasteiger partial charge in [-0.1, -0.05) is 25.5 Å². The molecule has 2 unspecified atom stereocenters. The molecule has 36 heavy (non-hydrogen) atoms. The van der Waals surface area contributed by atoms with Crippen molar-refractivity contribution in [2.45, 2.75) is 45.4 Å². The van der Waals surface area contributed by atoms with E-state index in [2.05, 4.69) is 16.7 Å². The van der Waals surface area contributed by atoms with Crippen molar-refractivity contribution in [1.82, 2.24) is 9.80 Å². The van der Waals surface area contributed by atoms with Crippen LogP contribution >= 0.6 is 0 Å². The fraction of sp³-hybridized carbons (Fsp3) is 0.536. The average Bonchev–Trinajstić information content (AvgIpc) is 3.38. The molecule has 2 aliphatic rings. The topological polar surface area (TPSA) is 59.5 Å². The highest BCUT2D eigenvalue weighted by atomic mass is 19.1. The Hall–Kier alpha value is -2.84. The number of piperazine rings is 1. The van der Waals surface area contributed by atoms with Crippen molar-refractivity contribution in [3.05, 3.63) is 53.8 Å². The predicted octanol–water partition coefficient (Wildman–Crippen LogP) is 3.87. The minimum atomic E-state index is -0.898. The molecule has 2 aromatic rings. The second-order valence-electron chi connectivity index (χ2n) is 9.82. The van der Waals surface area contributed by atoms with Crippen LogP contribution in [0.2, 0.25) is 0 Å². The lowest BCUT2D eigenvalue weighted by molar-refractivity contribution is -0.130. The van der Waals surface area contributed by atoms with Crippen LogP contribution in [0.4, 0.5) is 15.8 Å². The Labute approximate surface area is 214 Å². The molecule has 0 aromatic heterocycles. The first-order valence-electron chi connectivity index (χ1n) is 13.0. The van der Waals surface area contributed by atoms with Gasteiger partial charge >= 0.3 is 0 Å². The quantitative estimate of drug-likeness (QED) is 0.418. The highest BCUT2D eigenvalue weighted by Crippen LogP contribution is 2.31. The van der Waals surface area contributed by atoms with Crippen molar-refractivity contribution in [2.24, 2.45) is 0 Å². The van der Waals surface area contributed by atoms with Crippen LogP contribution in [0, 0.1) is 5.82 Å². The molecule has 0 spiro atoms. The summed E-state index contributed by atoms with van der Waals surface area (Å²) in [6.07, 6.45) is 2.17. The standard InChI is InChI=1S/C28H39FN4O3/c1-4-5-18-36-25-9-6-22(7-10-25)28(35)30(3)23-8-11-27(26(29)19-23)33-13-12-24(20-33)32-16-14-31(15-17-32)21(2)34/h6-11,19,24,28,35H,4-5,12-18,20H2,1-3H3. The molecule has 0 bridgehead atoms. The second kappa shape index (κ2) is 11.9. The molecule has 1 amide bonds. The summed E-state index contributed by atoms with van der Waals surface area (Å²) >= 11 is 0. The van der Waals surface area contributed by atoms with Crippen LogP contribution in [0.15, 0.2) is 42.5 Å². The van der Waals surface area contributed by atoms with E-state index in [0.29, 0.717) is 24.0 Å². The summed E-state index contributed by atoms with van der Waals surface area (Å²) in [4.78, 5) is 19.7. The van der Waals surface area contributed by atoms with Crippen molar-refractivity contribution in [3.8, 4) is 5.75 Å². The van der Waals surface area contributed by atoms with E-state index in [1.165, 1.54) is 6.07 Å². The van der Waals surface area contributed by atoms with Crippen molar-refractivity contribution in [2.75, 3.05) is 62.7 Å². The maximum atomic E-state index is 15.2. The highest BCUT2D eigenvalue weighted by molar-refractivity contribution is 5.73. The smallest absolute Gasteiger partial charge is 0.219 e. The molecule has 0 radical (unpaired) electrons. The largest absolute Gasteiger partial charge is 0.494 e. The number of benzene rings is 2. The van der Waals surface area contributed by atoms with Gasteiger partial charge in [0.05, 0.1) is 12.3 Å². The molecular formula is C28H39FN4O3. The van der Waals surface area contributed by atoms with Crippen molar-refractivity contribution in [3.63, 3.8) is 0 Å². The molecule has 196 valence electrons. The zero-order valence-electron chi connectivity index (χ0n) is 21.7. The number of carbonyl (C=O) groups is 1. The van der Waals surface area contributed by atoms with Gasteiger partial charge in [0.15, 0.2) is 6.23 Å². The van der Waals surface area contributed by atoms with Crippen molar-refractivity contribution < 1.29 is 19.0 Å². The number of nitrogens with zero attached hydrogens (tertiary/aromatic N) is 4. The molecule has 2 atom stereocenters. The van der Waals surface area contributed by atoms with Gasteiger partial charge in [0.1, 0.15) is 11.6 Å². The van der Waals surface area contributed by atoms with Gasteiger partial charge in [-0.2, -0.15) is 0 Å². The van der Waals surface area contributed by atoms with Gasteiger partial charge in [-0.25, -0.2) is 4.39 Å². The molecule has 2 heterocycles. The lowest BCUT2D eigenvalue weighted by Gasteiger charge is -2.37. The van der Waals surface area contributed by atoms with Crippen LogP contribution in [0.3, 0.4) is 0 Å². The summed E-state index contributed by atoms with van der Waals surface area (Å²) in [5.41, 5.74) is 1.93. The summed E-state index contributed by atoms with van der Waals surface area (Å²) in [6, 6.07) is 12.9. The number of aliphatic hydroxyl groups is 1. The minimum Gasteiger partial charge on any atom is -0.494 e. The lowest BCUT2D eigenvalue weighted by atomic mass is 10.1. The van der Waals surface area contributed by atoms with Crippen LogP contribution in [-0.2, 0) is 4.79 Å². The Balaban J connectivity index is 1.35. The van der Waals surface area contributed by atoms with Crippen LogP contribution < -0.4 is 14.5 Å². The van der Waals surface area contributed by atoms with Gasteiger partial charge in [0, 0.05) is 70.5 Å². The molecule has 4 rings (SSSR count). The van der Waals surface area contributed by atoms with E-state index in [9.17, 15) is 9.90 Å². The Kier molecular flexibility index (Phi) is 8.69. The first-order valence-corrected chi connectivity index (χ1v) is 13.0. The number of hydrogen-bond donors (Lipinski definition) is 1. The van der Waals surface area contributed by atoms with Gasteiger partial charge < -0.3 is 24.5 Å². The van der Waals surface area contributed by atoms with Crippen LogP contribution in [0.5, 0.6) is 5.75 Å². The third-order valence-electron chi connectivity index (χ3n) is 7.43. The normalized spacial score (nSPS) is 19.4. The minimum absolute atomic E-state index is 0.133. The number of ether oxygens (including phenoxy) is 1.